The zero-order valence-corrected chi connectivity index (χ0v) is 9.28. The standard InChI is InChI=1S/C11H16O4/c1-11-7(5-10(12)14-3)4-8(13-2)6-9(11)15-11/h5,8-9H,4,6H2,1-3H3/b7-5-/t8?,9?,11-/m1/s1. The van der Waals surface area contributed by atoms with Crippen molar-refractivity contribution in [1.29, 1.82) is 0 Å². The number of hydrogen-bond acceptors (Lipinski definition) is 4. The number of epoxide rings is 1. The molecule has 0 aromatic carbocycles. The molecule has 2 unspecified atom stereocenters. The van der Waals surface area contributed by atoms with Crippen molar-refractivity contribution >= 4 is 5.97 Å². The van der Waals surface area contributed by atoms with E-state index in [1.165, 1.54) is 13.2 Å². The third-order valence-corrected chi connectivity index (χ3v) is 3.33. The molecule has 2 fully saturated rings. The van der Waals surface area contributed by atoms with Gasteiger partial charge < -0.3 is 14.2 Å². The van der Waals surface area contributed by atoms with Crippen LogP contribution in [0.5, 0.6) is 0 Å². The summed E-state index contributed by atoms with van der Waals surface area (Å²) in [6.07, 6.45) is 3.54. The maximum absolute atomic E-state index is 11.2. The minimum atomic E-state index is -0.322. The van der Waals surface area contributed by atoms with E-state index in [1.807, 2.05) is 6.92 Å². The molecule has 0 aromatic heterocycles. The van der Waals surface area contributed by atoms with E-state index in [2.05, 4.69) is 4.74 Å². The molecule has 0 amide bonds. The van der Waals surface area contributed by atoms with Crippen molar-refractivity contribution < 1.29 is 19.0 Å². The number of esters is 1. The fourth-order valence-corrected chi connectivity index (χ4v) is 2.17. The lowest BCUT2D eigenvalue weighted by Gasteiger charge is -2.24. The van der Waals surface area contributed by atoms with Gasteiger partial charge in [0.1, 0.15) is 5.60 Å². The van der Waals surface area contributed by atoms with Crippen LogP contribution in [-0.4, -0.2) is 38.0 Å². The molecule has 84 valence electrons. The summed E-state index contributed by atoms with van der Waals surface area (Å²) in [6, 6.07) is 0. The van der Waals surface area contributed by atoms with Gasteiger partial charge in [-0.3, -0.25) is 0 Å². The molecule has 2 aliphatic rings. The van der Waals surface area contributed by atoms with Gasteiger partial charge in [-0.15, -0.1) is 0 Å². The van der Waals surface area contributed by atoms with Crippen molar-refractivity contribution in [3.63, 3.8) is 0 Å². The van der Waals surface area contributed by atoms with E-state index in [9.17, 15) is 4.79 Å². The Labute approximate surface area is 89.2 Å². The average Bonchev–Trinajstić information content (AvgIpc) is 2.90. The Morgan fingerprint density at radius 3 is 2.93 bits per heavy atom. The van der Waals surface area contributed by atoms with E-state index in [-0.39, 0.29) is 23.8 Å². The van der Waals surface area contributed by atoms with Gasteiger partial charge in [-0.1, -0.05) is 0 Å². The predicted octanol–water partition coefficient (Wildman–Crippen LogP) is 1.05. The first-order chi connectivity index (χ1) is 7.10. The zero-order valence-electron chi connectivity index (χ0n) is 9.28. The van der Waals surface area contributed by atoms with Crippen LogP contribution >= 0.6 is 0 Å². The summed E-state index contributed by atoms with van der Waals surface area (Å²) < 4.78 is 15.5. The Morgan fingerprint density at radius 2 is 2.33 bits per heavy atom. The number of rotatable bonds is 2. The maximum Gasteiger partial charge on any atom is 0.330 e. The molecule has 0 aromatic rings. The van der Waals surface area contributed by atoms with Crippen molar-refractivity contribution in [1.82, 2.24) is 0 Å². The first-order valence-corrected chi connectivity index (χ1v) is 5.09. The highest BCUT2D eigenvalue weighted by Gasteiger charge is 2.58. The highest BCUT2D eigenvalue weighted by atomic mass is 16.6. The quantitative estimate of drug-likeness (QED) is 0.390. The smallest absolute Gasteiger partial charge is 0.330 e. The number of carbonyl (C=O) groups is 1. The Hall–Kier alpha value is -0.870. The second-order valence-corrected chi connectivity index (χ2v) is 4.20. The first-order valence-electron chi connectivity index (χ1n) is 5.09. The van der Waals surface area contributed by atoms with Gasteiger partial charge in [-0.05, 0) is 18.9 Å². The highest BCUT2D eigenvalue weighted by molar-refractivity contribution is 5.83. The molecule has 15 heavy (non-hydrogen) atoms. The monoisotopic (exact) mass is 212 g/mol. The summed E-state index contributed by atoms with van der Waals surface area (Å²) >= 11 is 0. The third-order valence-electron chi connectivity index (χ3n) is 3.33. The normalized spacial score (nSPS) is 41.1. The molecule has 0 N–H and O–H groups in total. The summed E-state index contributed by atoms with van der Waals surface area (Å²) in [7, 11) is 3.06. The Morgan fingerprint density at radius 1 is 1.60 bits per heavy atom. The van der Waals surface area contributed by atoms with Crippen LogP contribution in [0.1, 0.15) is 19.8 Å². The number of hydrogen-bond donors (Lipinski definition) is 0. The molecule has 1 saturated carbocycles. The summed E-state index contributed by atoms with van der Waals surface area (Å²) in [6.45, 7) is 2.01. The van der Waals surface area contributed by atoms with Crippen LogP contribution in [-0.2, 0) is 19.0 Å². The number of methoxy groups -OCH3 is 2. The van der Waals surface area contributed by atoms with Crippen molar-refractivity contribution in [3.8, 4) is 0 Å². The van der Waals surface area contributed by atoms with Crippen LogP contribution in [0.25, 0.3) is 0 Å². The predicted molar refractivity (Wildman–Crippen MR) is 53.4 cm³/mol. The number of ether oxygens (including phenoxy) is 3. The second kappa shape index (κ2) is 3.61. The zero-order chi connectivity index (χ0) is 11.1. The van der Waals surface area contributed by atoms with E-state index < -0.39 is 0 Å². The lowest BCUT2D eigenvalue weighted by atomic mass is 9.83. The average molecular weight is 212 g/mol. The molecule has 0 radical (unpaired) electrons. The summed E-state index contributed by atoms with van der Waals surface area (Å²) in [5.41, 5.74) is 0.737. The molecular formula is C11H16O4. The fourth-order valence-electron chi connectivity index (χ4n) is 2.17. The molecule has 2 rings (SSSR count). The summed E-state index contributed by atoms with van der Waals surface area (Å²) in [5.74, 6) is -0.322. The van der Waals surface area contributed by atoms with Crippen LogP contribution in [0.3, 0.4) is 0 Å². The van der Waals surface area contributed by atoms with Crippen molar-refractivity contribution in [3.05, 3.63) is 11.6 Å². The van der Waals surface area contributed by atoms with Crippen LogP contribution in [0.2, 0.25) is 0 Å². The number of fused-ring (bicyclic) bond motifs is 1. The van der Waals surface area contributed by atoms with E-state index in [1.54, 1.807) is 7.11 Å². The molecule has 4 nitrogen and oxygen atoms in total. The topological polar surface area (TPSA) is 48.1 Å². The van der Waals surface area contributed by atoms with Crippen molar-refractivity contribution in [2.24, 2.45) is 0 Å². The Kier molecular flexibility index (Phi) is 2.56. The van der Waals surface area contributed by atoms with Crippen molar-refractivity contribution in [2.75, 3.05) is 14.2 Å². The molecule has 1 saturated heterocycles. The molecule has 0 spiro atoms. The largest absolute Gasteiger partial charge is 0.466 e. The van der Waals surface area contributed by atoms with Crippen LogP contribution < -0.4 is 0 Å². The summed E-state index contributed by atoms with van der Waals surface area (Å²) in [5, 5.41) is 0. The van der Waals surface area contributed by atoms with Crippen LogP contribution in [0, 0.1) is 0 Å². The third kappa shape index (κ3) is 1.79. The van der Waals surface area contributed by atoms with Gasteiger partial charge >= 0.3 is 5.97 Å². The molecule has 0 bridgehead atoms. The van der Waals surface area contributed by atoms with Gasteiger partial charge in [0.05, 0.1) is 19.3 Å². The lowest BCUT2D eigenvalue weighted by molar-refractivity contribution is -0.134. The van der Waals surface area contributed by atoms with E-state index >= 15 is 0 Å². The van der Waals surface area contributed by atoms with Gasteiger partial charge in [0.15, 0.2) is 0 Å². The SMILES string of the molecule is COC(=O)/C=C1/CC(OC)CC2O[C@]12C. The van der Waals surface area contributed by atoms with Gasteiger partial charge in [-0.2, -0.15) is 0 Å². The minimum absolute atomic E-state index is 0.154. The molecule has 4 heteroatoms. The summed E-state index contributed by atoms with van der Waals surface area (Å²) in [4.78, 5) is 11.2. The lowest BCUT2D eigenvalue weighted by Crippen LogP contribution is -2.29. The van der Waals surface area contributed by atoms with Crippen LogP contribution in [0.4, 0.5) is 0 Å². The van der Waals surface area contributed by atoms with E-state index in [0.29, 0.717) is 0 Å². The van der Waals surface area contributed by atoms with Gasteiger partial charge in [0.2, 0.25) is 0 Å². The molecule has 1 heterocycles. The van der Waals surface area contributed by atoms with Gasteiger partial charge in [-0.25, -0.2) is 4.79 Å². The molecule has 1 aliphatic carbocycles. The Balaban J connectivity index is 2.15. The van der Waals surface area contributed by atoms with E-state index in [0.717, 1.165) is 18.4 Å². The maximum atomic E-state index is 11.2. The second-order valence-electron chi connectivity index (χ2n) is 4.20. The van der Waals surface area contributed by atoms with Gasteiger partial charge in [0, 0.05) is 19.6 Å². The minimum Gasteiger partial charge on any atom is -0.466 e. The number of carbonyl (C=O) groups excluding carboxylic acids is 1. The first kappa shape index (κ1) is 10.6. The molecule has 3 atom stereocenters. The molecule has 1 aliphatic heterocycles. The fraction of sp³-hybridized carbons (Fsp3) is 0.727. The molecular weight excluding hydrogens is 196 g/mol. The highest BCUT2D eigenvalue weighted by Crippen LogP contribution is 2.51. The van der Waals surface area contributed by atoms with Crippen LogP contribution in [0.15, 0.2) is 11.6 Å². The Bertz CT molecular complexity index is 310. The van der Waals surface area contributed by atoms with Crippen molar-refractivity contribution in [2.45, 2.75) is 37.6 Å². The van der Waals surface area contributed by atoms with Gasteiger partial charge in [0.25, 0.3) is 0 Å². The van der Waals surface area contributed by atoms with E-state index in [4.69, 9.17) is 9.47 Å².